The van der Waals surface area contributed by atoms with E-state index in [1.165, 1.54) is 12.8 Å². The number of pyridine rings is 1. The fourth-order valence-corrected chi connectivity index (χ4v) is 4.25. The lowest BCUT2D eigenvalue weighted by Gasteiger charge is -2.08. The maximum atomic E-state index is 6.13. The minimum atomic E-state index is 0.376. The zero-order valence-corrected chi connectivity index (χ0v) is 16.4. The Hall–Kier alpha value is -2.99. The Balaban J connectivity index is 1.29. The van der Waals surface area contributed by atoms with Crippen molar-refractivity contribution in [1.29, 1.82) is 0 Å². The van der Waals surface area contributed by atoms with Crippen LogP contribution < -0.4 is 0 Å². The molecule has 2 saturated carbocycles. The van der Waals surface area contributed by atoms with Gasteiger partial charge in [-0.15, -0.1) is 10.2 Å². The van der Waals surface area contributed by atoms with Crippen molar-refractivity contribution in [3.05, 3.63) is 77.9 Å². The van der Waals surface area contributed by atoms with Gasteiger partial charge < -0.3 is 9.13 Å². The first kappa shape index (κ1) is 16.9. The molecular weight excluding hydrogens is 384 g/mol. The van der Waals surface area contributed by atoms with Crippen molar-refractivity contribution < 1.29 is 0 Å². The first-order valence-corrected chi connectivity index (χ1v) is 10.3. The molecule has 0 bridgehead atoms. The summed E-state index contributed by atoms with van der Waals surface area (Å²) in [5, 5.41) is 9.88. The topological polar surface area (TPSA) is 61.4 Å². The van der Waals surface area contributed by atoms with E-state index in [9.17, 15) is 0 Å². The highest BCUT2D eigenvalue weighted by molar-refractivity contribution is 6.30. The second-order valence-electron chi connectivity index (χ2n) is 7.85. The maximum absolute atomic E-state index is 6.13. The van der Waals surface area contributed by atoms with Gasteiger partial charge in [0.1, 0.15) is 5.82 Å². The van der Waals surface area contributed by atoms with Crippen molar-refractivity contribution in [3.8, 4) is 17.1 Å². The van der Waals surface area contributed by atoms with Gasteiger partial charge in [0.2, 0.25) is 0 Å². The number of imidazole rings is 1. The van der Waals surface area contributed by atoms with Crippen molar-refractivity contribution in [2.45, 2.75) is 37.1 Å². The SMILES string of the molecule is Clc1cccc(-n2cnc(C3CC3c3nnc(-c4ccncc4)n3C3CC3)c2)c1. The standard InChI is InChI=1S/C22H19ClN6/c23-15-2-1-3-17(10-15)28-12-20(25-13-28)18-11-19(18)22-27-26-21(29(22)16-4-5-16)14-6-8-24-9-7-14/h1-3,6-10,12-13,16,18-19H,4-5,11H2. The Morgan fingerprint density at radius 1 is 1.00 bits per heavy atom. The lowest BCUT2D eigenvalue weighted by Crippen LogP contribution is -2.03. The minimum absolute atomic E-state index is 0.376. The average molecular weight is 403 g/mol. The van der Waals surface area contributed by atoms with Crippen LogP contribution in [-0.4, -0.2) is 29.3 Å². The summed E-state index contributed by atoms with van der Waals surface area (Å²) < 4.78 is 4.39. The minimum Gasteiger partial charge on any atom is -0.308 e. The van der Waals surface area contributed by atoms with E-state index in [2.05, 4.69) is 30.9 Å². The number of hydrogen-bond acceptors (Lipinski definition) is 4. The molecule has 7 heteroatoms. The van der Waals surface area contributed by atoms with Crippen LogP contribution in [0.3, 0.4) is 0 Å². The van der Waals surface area contributed by atoms with Crippen LogP contribution in [0, 0.1) is 0 Å². The fourth-order valence-electron chi connectivity index (χ4n) is 4.06. The molecule has 0 amide bonds. The predicted octanol–water partition coefficient (Wildman–Crippen LogP) is 4.79. The molecule has 0 aliphatic heterocycles. The lowest BCUT2D eigenvalue weighted by molar-refractivity contribution is 0.683. The van der Waals surface area contributed by atoms with Crippen LogP contribution in [-0.2, 0) is 0 Å². The van der Waals surface area contributed by atoms with E-state index in [1.807, 2.05) is 59.7 Å². The molecule has 6 rings (SSSR count). The Labute approximate surface area is 173 Å². The van der Waals surface area contributed by atoms with Crippen LogP contribution >= 0.6 is 11.6 Å². The van der Waals surface area contributed by atoms with E-state index in [4.69, 9.17) is 11.6 Å². The highest BCUT2D eigenvalue weighted by Gasteiger charge is 2.46. The van der Waals surface area contributed by atoms with Crippen LogP contribution in [0.2, 0.25) is 5.02 Å². The van der Waals surface area contributed by atoms with E-state index in [-0.39, 0.29) is 0 Å². The summed E-state index contributed by atoms with van der Waals surface area (Å²) in [5.41, 5.74) is 3.20. The molecule has 0 radical (unpaired) electrons. The molecule has 0 N–H and O–H groups in total. The number of nitrogens with zero attached hydrogens (tertiary/aromatic N) is 6. The third-order valence-electron chi connectivity index (χ3n) is 5.78. The Bertz CT molecular complexity index is 1180. The van der Waals surface area contributed by atoms with Gasteiger partial charge in [0, 0.05) is 52.7 Å². The van der Waals surface area contributed by atoms with Crippen molar-refractivity contribution in [2.75, 3.05) is 0 Å². The van der Waals surface area contributed by atoms with Gasteiger partial charge in [-0.1, -0.05) is 17.7 Å². The molecule has 144 valence electrons. The predicted molar refractivity (Wildman–Crippen MR) is 110 cm³/mol. The normalized spacial score (nSPS) is 20.7. The van der Waals surface area contributed by atoms with Crippen molar-refractivity contribution in [1.82, 2.24) is 29.3 Å². The molecule has 2 atom stereocenters. The molecule has 2 unspecified atom stereocenters. The maximum Gasteiger partial charge on any atom is 0.164 e. The third-order valence-corrected chi connectivity index (χ3v) is 6.02. The number of aromatic nitrogens is 6. The van der Waals surface area contributed by atoms with Gasteiger partial charge in [0.15, 0.2) is 5.82 Å². The van der Waals surface area contributed by atoms with Gasteiger partial charge in [-0.25, -0.2) is 4.98 Å². The first-order chi connectivity index (χ1) is 14.3. The molecule has 2 aliphatic rings. The molecule has 2 fully saturated rings. The summed E-state index contributed by atoms with van der Waals surface area (Å²) in [6.07, 6.45) is 11.1. The van der Waals surface area contributed by atoms with Gasteiger partial charge in [0.25, 0.3) is 0 Å². The molecule has 6 nitrogen and oxygen atoms in total. The molecule has 0 spiro atoms. The number of hydrogen-bond donors (Lipinski definition) is 0. The highest BCUT2D eigenvalue weighted by atomic mass is 35.5. The summed E-state index contributed by atoms with van der Waals surface area (Å²) in [7, 11) is 0. The number of benzene rings is 1. The molecule has 2 aliphatic carbocycles. The van der Waals surface area contributed by atoms with E-state index >= 15 is 0 Å². The fraction of sp³-hybridized carbons (Fsp3) is 0.273. The van der Waals surface area contributed by atoms with E-state index in [0.29, 0.717) is 17.9 Å². The quantitative estimate of drug-likeness (QED) is 0.481. The van der Waals surface area contributed by atoms with Crippen LogP contribution in [0.4, 0.5) is 0 Å². The van der Waals surface area contributed by atoms with Crippen molar-refractivity contribution in [2.24, 2.45) is 0 Å². The largest absolute Gasteiger partial charge is 0.308 e. The van der Waals surface area contributed by atoms with Crippen LogP contribution in [0.5, 0.6) is 0 Å². The molecule has 0 saturated heterocycles. The average Bonchev–Trinajstić information content (AvgIpc) is 3.66. The Morgan fingerprint density at radius 3 is 2.66 bits per heavy atom. The van der Waals surface area contributed by atoms with E-state index in [1.54, 1.807) is 0 Å². The van der Waals surface area contributed by atoms with Gasteiger partial charge in [-0.05, 0) is 49.6 Å². The van der Waals surface area contributed by atoms with Crippen LogP contribution in [0.15, 0.2) is 61.3 Å². The van der Waals surface area contributed by atoms with E-state index < -0.39 is 0 Å². The monoisotopic (exact) mass is 402 g/mol. The molecule has 1 aromatic carbocycles. The zero-order valence-electron chi connectivity index (χ0n) is 15.7. The van der Waals surface area contributed by atoms with Crippen LogP contribution in [0.1, 0.15) is 48.7 Å². The molecule has 29 heavy (non-hydrogen) atoms. The first-order valence-electron chi connectivity index (χ1n) is 9.93. The van der Waals surface area contributed by atoms with Crippen molar-refractivity contribution in [3.63, 3.8) is 0 Å². The van der Waals surface area contributed by atoms with Gasteiger partial charge in [-0.2, -0.15) is 0 Å². The number of rotatable bonds is 5. The van der Waals surface area contributed by atoms with Gasteiger partial charge >= 0.3 is 0 Å². The number of halogens is 1. The highest BCUT2D eigenvalue weighted by Crippen LogP contribution is 2.55. The van der Waals surface area contributed by atoms with Gasteiger partial charge in [0.05, 0.1) is 12.0 Å². The summed E-state index contributed by atoms with van der Waals surface area (Å²) in [5.74, 6) is 2.82. The van der Waals surface area contributed by atoms with Crippen molar-refractivity contribution >= 4 is 11.6 Å². The van der Waals surface area contributed by atoms with E-state index in [0.717, 1.165) is 40.0 Å². The third kappa shape index (κ3) is 3.04. The molecule has 4 aromatic rings. The smallest absolute Gasteiger partial charge is 0.164 e. The van der Waals surface area contributed by atoms with Gasteiger partial charge in [-0.3, -0.25) is 4.98 Å². The molecule has 3 aromatic heterocycles. The second-order valence-corrected chi connectivity index (χ2v) is 8.29. The Kier molecular flexibility index (Phi) is 3.81. The molecule has 3 heterocycles. The summed E-state index contributed by atoms with van der Waals surface area (Å²) in [4.78, 5) is 8.79. The lowest BCUT2D eigenvalue weighted by atomic mass is 10.2. The van der Waals surface area contributed by atoms with Crippen LogP contribution in [0.25, 0.3) is 17.1 Å². The summed E-state index contributed by atoms with van der Waals surface area (Å²) in [6, 6.07) is 12.3. The summed E-state index contributed by atoms with van der Waals surface area (Å²) in [6.45, 7) is 0. The zero-order chi connectivity index (χ0) is 19.4. The Morgan fingerprint density at radius 2 is 1.86 bits per heavy atom. The second kappa shape index (κ2) is 6.52. The molecular formula is C22H19ClN6. The summed E-state index contributed by atoms with van der Waals surface area (Å²) >= 11 is 6.13.